The lowest BCUT2D eigenvalue weighted by Gasteiger charge is -2.34. The van der Waals surface area contributed by atoms with Crippen LogP contribution in [0.5, 0.6) is 5.75 Å². The van der Waals surface area contributed by atoms with E-state index in [0.29, 0.717) is 0 Å². The molecule has 0 saturated heterocycles. The van der Waals surface area contributed by atoms with Crippen LogP contribution in [0.25, 0.3) is 0 Å². The van der Waals surface area contributed by atoms with Crippen molar-refractivity contribution in [2.75, 3.05) is 0 Å². The van der Waals surface area contributed by atoms with E-state index in [2.05, 4.69) is 0 Å². The van der Waals surface area contributed by atoms with Crippen LogP contribution in [0.15, 0.2) is 99.6 Å². The largest absolute Gasteiger partial charge is 0.426 e. The molecule has 0 aromatic heterocycles. The van der Waals surface area contributed by atoms with Crippen LogP contribution in [-0.2, 0) is 4.79 Å². The van der Waals surface area contributed by atoms with Crippen molar-refractivity contribution in [3.8, 4) is 5.75 Å². The lowest BCUT2D eigenvalue weighted by Crippen LogP contribution is -2.19. The highest BCUT2D eigenvalue weighted by Crippen LogP contribution is 2.72. The lowest BCUT2D eigenvalue weighted by molar-refractivity contribution is -0.164. The van der Waals surface area contributed by atoms with Gasteiger partial charge in [-0.25, -0.2) is 0 Å². The molecule has 3 aromatic rings. The number of alkyl halides is 3. The van der Waals surface area contributed by atoms with Crippen LogP contribution in [0.1, 0.15) is 6.42 Å². The summed E-state index contributed by atoms with van der Waals surface area (Å²) in [5.41, 5.74) is 0. The van der Waals surface area contributed by atoms with Gasteiger partial charge >= 0.3 is 12.1 Å². The van der Waals surface area contributed by atoms with Crippen LogP contribution in [0, 0.1) is 0 Å². The van der Waals surface area contributed by atoms with Gasteiger partial charge in [0.2, 0.25) is 0 Å². The molecule has 0 aliphatic heterocycles. The third-order valence-corrected chi connectivity index (χ3v) is 8.23. The van der Waals surface area contributed by atoms with E-state index in [1.807, 2.05) is 60.7 Å². The highest BCUT2D eigenvalue weighted by Gasteiger charge is 2.33. The number of hydrogen-bond donors (Lipinski definition) is 0. The number of carbonyl (C=O) groups is 1. The number of carbonyl (C=O) groups excluding carboxylic acids is 1. The first-order chi connectivity index (χ1) is 13.3. The molecular formula is C21H16ClF3O2S. The number of esters is 1. The van der Waals surface area contributed by atoms with Gasteiger partial charge in [0.05, 0.1) is 0 Å². The zero-order valence-electron chi connectivity index (χ0n) is 14.5. The normalized spacial score (nSPS) is 12.4. The van der Waals surface area contributed by atoms with Crippen LogP contribution in [0.4, 0.5) is 13.2 Å². The Labute approximate surface area is 166 Å². The molecule has 0 fully saturated rings. The Balaban J connectivity index is 1.93. The molecule has 28 heavy (non-hydrogen) atoms. The van der Waals surface area contributed by atoms with E-state index in [9.17, 15) is 18.0 Å². The number of hydrogen-bond acceptors (Lipinski definition) is 2. The van der Waals surface area contributed by atoms with E-state index in [4.69, 9.17) is 15.4 Å². The minimum Gasteiger partial charge on any atom is -0.426 e. The Bertz CT molecular complexity index is 890. The van der Waals surface area contributed by atoms with Gasteiger partial charge in [0.25, 0.3) is 0 Å². The summed E-state index contributed by atoms with van der Waals surface area (Å²) in [5, 5.41) is 0. The minimum atomic E-state index is -4.60. The fourth-order valence-corrected chi connectivity index (χ4v) is 5.97. The van der Waals surface area contributed by atoms with Gasteiger partial charge in [-0.05, 0) is 48.5 Å². The summed E-state index contributed by atoms with van der Waals surface area (Å²) < 4.78 is 41.6. The predicted octanol–water partition coefficient (Wildman–Crippen LogP) is 6.98. The number of halogens is 4. The Morgan fingerprint density at radius 2 is 1.21 bits per heavy atom. The topological polar surface area (TPSA) is 26.3 Å². The second-order valence-corrected chi connectivity index (χ2v) is 9.78. The maximum Gasteiger partial charge on any atom is 0.399 e. The Kier molecular flexibility index (Phi) is 6.01. The van der Waals surface area contributed by atoms with Crippen LogP contribution >= 0.6 is 19.9 Å². The van der Waals surface area contributed by atoms with E-state index in [0.717, 1.165) is 14.7 Å². The number of ether oxygens (including phenoxy) is 1. The fraction of sp³-hybridized carbons (Fsp3) is 0.0952. The molecular weight excluding hydrogens is 409 g/mol. The van der Waals surface area contributed by atoms with Gasteiger partial charge in [0.1, 0.15) is 12.2 Å². The monoisotopic (exact) mass is 424 g/mol. The second kappa shape index (κ2) is 8.29. The summed E-state index contributed by atoms with van der Waals surface area (Å²) in [6.07, 6.45) is -6.24. The molecule has 0 N–H and O–H groups in total. The zero-order valence-corrected chi connectivity index (χ0v) is 16.1. The smallest absolute Gasteiger partial charge is 0.399 e. The maximum absolute atomic E-state index is 12.3. The fourth-order valence-electron chi connectivity index (χ4n) is 2.65. The maximum atomic E-state index is 12.3. The van der Waals surface area contributed by atoms with Crippen molar-refractivity contribution in [3.63, 3.8) is 0 Å². The predicted molar refractivity (Wildman–Crippen MR) is 104 cm³/mol. The van der Waals surface area contributed by atoms with Crippen LogP contribution in [0.3, 0.4) is 0 Å². The van der Waals surface area contributed by atoms with Gasteiger partial charge in [-0.1, -0.05) is 56.3 Å². The van der Waals surface area contributed by atoms with Gasteiger partial charge in [-0.15, -0.1) is 0 Å². The van der Waals surface area contributed by atoms with Crippen molar-refractivity contribution in [1.29, 1.82) is 0 Å². The van der Waals surface area contributed by atoms with Crippen LogP contribution in [-0.4, -0.2) is 12.1 Å². The summed E-state index contributed by atoms with van der Waals surface area (Å²) >= 11 is 0. The lowest BCUT2D eigenvalue weighted by atomic mass is 10.3. The quantitative estimate of drug-likeness (QED) is 0.326. The Hall–Kier alpha value is -2.44. The molecule has 0 aliphatic carbocycles. The van der Waals surface area contributed by atoms with Crippen molar-refractivity contribution in [1.82, 2.24) is 0 Å². The molecule has 0 saturated carbocycles. The average molecular weight is 425 g/mol. The molecule has 0 radical (unpaired) electrons. The summed E-state index contributed by atoms with van der Waals surface area (Å²) in [6, 6.07) is 25.4. The highest BCUT2D eigenvalue weighted by molar-refractivity contribution is 8.51. The van der Waals surface area contributed by atoms with Gasteiger partial charge in [0.15, 0.2) is 0 Å². The van der Waals surface area contributed by atoms with E-state index >= 15 is 0 Å². The first-order valence-electron chi connectivity index (χ1n) is 8.30. The van der Waals surface area contributed by atoms with Crippen LogP contribution < -0.4 is 4.74 Å². The van der Waals surface area contributed by atoms with Crippen molar-refractivity contribution >= 4 is 25.9 Å². The van der Waals surface area contributed by atoms with Crippen molar-refractivity contribution < 1.29 is 22.7 Å². The molecule has 0 heterocycles. The standard InChI is InChI=1S/C21H16ClF3O2S/c22-28(17-7-3-1-4-8-17,18-9-5-2-6-10-18)19-13-11-16(12-14-19)27-20(26)15-21(23,24)25/h1-14H,15H2. The number of benzene rings is 3. The zero-order chi connectivity index (χ0) is 20.2. The molecule has 0 atom stereocenters. The van der Waals surface area contributed by atoms with Crippen molar-refractivity contribution in [3.05, 3.63) is 84.9 Å². The third-order valence-electron chi connectivity index (χ3n) is 3.86. The van der Waals surface area contributed by atoms with Crippen molar-refractivity contribution in [2.45, 2.75) is 27.3 Å². The molecule has 0 bridgehead atoms. The minimum absolute atomic E-state index is 0.0394. The Morgan fingerprint density at radius 1 is 0.786 bits per heavy atom. The van der Waals surface area contributed by atoms with Gasteiger partial charge < -0.3 is 4.74 Å². The molecule has 0 spiro atoms. The summed E-state index contributed by atoms with van der Waals surface area (Å²) in [5.74, 6) is -1.31. The SMILES string of the molecule is O=C(CC(F)(F)F)Oc1ccc(S(Cl)(c2ccccc2)c2ccccc2)cc1. The molecule has 0 aliphatic rings. The second-order valence-electron chi connectivity index (χ2n) is 5.90. The van der Waals surface area contributed by atoms with E-state index < -0.39 is 27.8 Å². The summed E-state index contributed by atoms with van der Waals surface area (Å²) in [6.45, 7) is 0. The van der Waals surface area contributed by atoms with E-state index in [1.54, 1.807) is 12.1 Å². The molecule has 2 nitrogen and oxygen atoms in total. The molecule has 7 heteroatoms. The third kappa shape index (κ3) is 4.69. The first kappa shape index (κ1) is 20.3. The Morgan fingerprint density at radius 3 is 1.64 bits per heavy atom. The molecule has 3 aromatic carbocycles. The van der Waals surface area contributed by atoms with Gasteiger partial charge in [-0.2, -0.15) is 13.2 Å². The van der Waals surface area contributed by atoms with Gasteiger partial charge in [-0.3, -0.25) is 4.79 Å². The van der Waals surface area contributed by atoms with Gasteiger partial charge in [0, 0.05) is 14.7 Å². The molecule has 3 rings (SSSR count). The molecule has 0 unspecified atom stereocenters. The van der Waals surface area contributed by atoms with E-state index in [1.165, 1.54) is 12.1 Å². The van der Waals surface area contributed by atoms with E-state index in [-0.39, 0.29) is 5.75 Å². The number of rotatable bonds is 5. The van der Waals surface area contributed by atoms with Crippen LogP contribution in [0.2, 0.25) is 0 Å². The first-order valence-corrected chi connectivity index (χ1v) is 10.8. The average Bonchev–Trinajstić information content (AvgIpc) is 2.68. The summed E-state index contributed by atoms with van der Waals surface area (Å²) in [7, 11) is 5.09. The molecule has 0 amide bonds. The van der Waals surface area contributed by atoms with Crippen molar-refractivity contribution in [2.24, 2.45) is 0 Å². The summed E-state index contributed by atoms with van der Waals surface area (Å²) in [4.78, 5) is 14.0. The molecule has 146 valence electrons. The highest BCUT2D eigenvalue weighted by atomic mass is 35.7.